The Morgan fingerprint density at radius 3 is 2.63 bits per heavy atom. The van der Waals surface area contributed by atoms with E-state index in [9.17, 15) is 9.59 Å². The molecule has 8 heteroatoms. The van der Waals surface area contributed by atoms with E-state index in [1.54, 1.807) is 12.1 Å². The Hall–Kier alpha value is -2.90. The standard InChI is InChI=1S/C22H26ClN3O4/c1-16(2)29-12-4-11-24-21(27)22(28)26-25-14-18-5-3-6-20(13-18)30-15-17-7-9-19(23)10-8-17/h3,5-10,13-14,16H,4,11-12,15H2,1-2H3,(H,24,27)(H,26,28)/b25-14-. The van der Waals surface area contributed by atoms with Crippen LogP contribution in [0, 0.1) is 0 Å². The van der Waals surface area contributed by atoms with Crippen molar-refractivity contribution in [2.75, 3.05) is 13.2 Å². The van der Waals surface area contributed by atoms with Crippen LogP contribution in [0.3, 0.4) is 0 Å². The molecule has 0 aliphatic carbocycles. The first-order chi connectivity index (χ1) is 14.4. The summed E-state index contributed by atoms with van der Waals surface area (Å²) in [4.78, 5) is 23.5. The summed E-state index contributed by atoms with van der Waals surface area (Å²) in [5.74, 6) is -0.912. The van der Waals surface area contributed by atoms with Crippen LogP contribution in [-0.4, -0.2) is 37.3 Å². The summed E-state index contributed by atoms with van der Waals surface area (Å²) in [7, 11) is 0. The van der Waals surface area contributed by atoms with E-state index in [1.807, 2.05) is 50.2 Å². The van der Waals surface area contributed by atoms with E-state index in [1.165, 1.54) is 6.21 Å². The molecule has 0 spiro atoms. The molecule has 0 aliphatic heterocycles. The van der Waals surface area contributed by atoms with Crippen molar-refractivity contribution in [1.82, 2.24) is 10.7 Å². The molecule has 30 heavy (non-hydrogen) atoms. The van der Waals surface area contributed by atoms with Gasteiger partial charge in [0, 0.05) is 18.2 Å². The van der Waals surface area contributed by atoms with E-state index in [2.05, 4.69) is 15.8 Å². The Balaban J connectivity index is 1.74. The van der Waals surface area contributed by atoms with Crippen LogP contribution in [0.5, 0.6) is 5.75 Å². The summed E-state index contributed by atoms with van der Waals surface area (Å²) < 4.78 is 11.1. The third kappa shape index (κ3) is 9.07. The molecule has 0 bridgehead atoms. The molecule has 0 unspecified atom stereocenters. The second kappa shape index (κ2) is 12.6. The number of rotatable bonds is 10. The fraction of sp³-hybridized carbons (Fsp3) is 0.318. The number of halogens is 1. The first-order valence-electron chi connectivity index (χ1n) is 9.64. The van der Waals surface area contributed by atoms with Crippen molar-refractivity contribution in [3.8, 4) is 5.75 Å². The SMILES string of the molecule is CC(C)OCCCNC(=O)C(=O)N/N=C\c1cccc(OCc2ccc(Cl)cc2)c1. The predicted octanol–water partition coefficient (Wildman–Crippen LogP) is 3.30. The maximum absolute atomic E-state index is 11.8. The van der Waals surface area contributed by atoms with Gasteiger partial charge in [-0.1, -0.05) is 35.9 Å². The van der Waals surface area contributed by atoms with Crippen LogP contribution < -0.4 is 15.5 Å². The molecular weight excluding hydrogens is 406 g/mol. The highest BCUT2D eigenvalue weighted by atomic mass is 35.5. The van der Waals surface area contributed by atoms with Crippen LogP contribution >= 0.6 is 11.6 Å². The minimum Gasteiger partial charge on any atom is -0.489 e. The van der Waals surface area contributed by atoms with Gasteiger partial charge in [-0.3, -0.25) is 9.59 Å². The summed E-state index contributed by atoms with van der Waals surface area (Å²) in [6, 6.07) is 14.6. The van der Waals surface area contributed by atoms with Crippen molar-refractivity contribution in [2.24, 2.45) is 5.10 Å². The fourth-order valence-corrected chi connectivity index (χ4v) is 2.45. The van der Waals surface area contributed by atoms with Crippen molar-refractivity contribution in [2.45, 2.75) is 33.0 Å². The predicted molar refractivity (Wildman–Crippen MR) is 117 cm³/mol. The summed E-state index contributed by atoms with van der Waals surface area (Å²) in [5.41, 5.74) is 3.92. The molecule has 0 saturated carbocycles. The highest BCUT2D eigenvalue weighted by Gasteiger charge is 2.11. The summed E-state index contributed by atoms with van der Waals surface area (Å²) in [6.07, 6.45) is 2.21. The van der Waals surface area contributed by atoms with Crippen LogP contribution in [-0.2, 0) is 20.9 Å². The quantitative estimate of drug-likeness (QED) is 0.261. The minimum absolute atomic E-state index is 0.139. The number of benzene rings is 2. The molecule has 0 aromatic heterocycles. The largest absolute Gasteiger partial charge is 0.489 e. The van der Waals surface area contributed by atoms with Gasteiger partial charge in [0.15, 0.2) is 0 Å². The summed E-state index contributed by atoms with van der Waals surface area (Å²) >= 11 is 5.87. The molecule has 2 rings (SSSR count). The number of hydrogen-bond donors (Lipinski definition) is 2. The molecule has 7 nitrogen and oxygen atoms in total. The topological polar surface area (TPSA) is 89.0 Å². The molecule has 2 aromatic carbocycles. The van der Waals surface area contributed by atoms with Gasteiger partial charge in [-0.2, -0.15) is 5.10 Å². The van der Waals surface area contributed by atoms with E-state index in [0.29, 0.717) is 37.0 Å². The molecule has 0 saturated heterocycles. The molecular formula is C22H26ClN3O4. The van der Waals surface area contributed by atoms with Crippen molar-refractivity contribution in [3.05, 3.63) is 64.7 Å². The third-order valence-corrected chi connectivity index (χ3v) is 4.07. The maximum atomic E-state index is 11.8. The number of hydrazone groups is 1. The monoisotopic (exact) mass is 431 g/mol. The van der Waals surface area contributed by atoms with Crippen LogP contribution in [0.15, 0.2) is 53.6 Å². The molecule has 2 N–H and O–H groups in total. The van der Waals surface area contributed by atoms with E-state index >= 15 is 0 Å². The van der Waals surface area contributed by atoms with Crippen LogP contribution in [0.25, 0.3) is 0 Å². The minimum atomic E-state index is -0.828. The van der Waals surface area contributed by atoms with E-state index in [0.717, 1.165) is 11.1 Å². The second-order valence-corrected chi connectivity index (χ2v) is 7.15. The molecule has 160 valence electrons. The molecule has 0 radical (unpaired) electrons. The Morgan fingerprint density at radius 2 is 1.90 bits per heavy atom. The first kappa shape index (κ1) is 23.4. The summed E-state index contributed by atoms with van der Waals surface area (Å²) in [5, 5.41) is 7.01. The van der Waals surface area contributed by atoms with Gasteiger partial charge in [0.05, 0.1) is 12.3 Å². The normalized spacial score (nSPS) is 10.9. The van der Waals surface area contributed by atoms with Gasteiger partial charge in [-0.05, 0) is 55.7 Å². The molecule has 2 aromatic rings. The van der Waals surface area contributed by atoms with E-state index in [-0.39, 0.29) is 6.10 Å². The molecule has 0 heterocycles. The van der Waals surface area contributed by atoms with Gasteiger partial charge in [0.1, 0.15) is 12.4 Å². The van der Waals surface area contributed by atoms with Crippen molar-refractivity contribution < 1.29 is 19.1 Å². The number of carbonyl (C=O) groups is 2. The van der Waals surface area contributed by atoms with Crippen molar-refractivity contribution >= 4 is 29.6 Å². The van der Waals surface area contributed by atoms with Crippen LogP contribution in [0.1, 0.15) is 31.4 Å². The fourth-order valence-electron chi connectivity index (χ4n) is 2.32. The van der Waals surface area contributed by atoms with Gasteiger partial charge in [-0.25, -0.2) is 5.43 Å². The number of hydrogen-bond acceptors (Lipinski definition) is 5. The lowest BCUT2D eigenvalue weighted by Crippen LogP contribution is -2.38. The average Bonchev–Trinajstić information content (AvgIpc) is 2.73. The zero-order chi connectivity index (χ0) is 21.8. The van der Waals surface area contributed by atoms with Crippen LogP contribution in [0.4, 0.5) is 0 Å². The van der Waals surface area contributed by atoms with E-state index < -0.39 is 11.8 Å². The zero-order valence-corrected chi connectivity index (χ0v) is 17.8. The maximum Gasteiger partial charge on any atom is 0.329 e. The molecule has 0 aliphatic rings. The van der Waals surface area contributed by atoms with Crippen molar-refractivity contribution in [1.29, 1.82) is 0 Å². The first-order valence-corrected chi connectivity index (χ1v) is 10.0. The number of ether oxygens (including phenoxy) is 2. The average molecular weight is 432 g/mol. The molecule has 0 atom stereocenters. The Morgan fingerprint density at radius 1 is 1.13 bits per heavy atom. The lowest BCUT2D eigenvalue weighted by molar-refractivity contribution is -0.139. The zero-order valence-electron chi connectivity index (χ0n) is 17.1. The Bertz CT molecular complexity index is 854. The Kier molecular flexibility index (Phi) is 9.83. The lowest BCUT2D eigenvalue weighted by atomic mass is 10.2. The van der Waals surface area contributed by atoms with Gasteiger partial charge in [-0.15, -0.1) is 0 Å². The highest BCUT2D eigenvalue weighted by Crippen LogP contribution is 2.15. The number of carbonyl (C=O) groups excluding carboxylic acids is 2. The van der Waals surface area contributed by atoms with Gasteiger partial charge >= 0.3 is 11.8 Å². The number of nitrogens with one attached hydrogen (secondary N) is 2. The lowest BCUT2D eigenvalue weighted by Gasteiger charge is -2.08. The molecule has 0 fully saturated rings. The number of nitrogens with zero attached hydrogens (tertiary/aromatic N) is 1. The highest BCUT2D eigenvalue weighted by molar-refractivity contribution is 6.35. The molecule has 2 amide bonds. The van der Waals surface area contributed by atoms with E-state index in [4.69, 9.17) is 21.1 Å². The van der Waals surface area contributed by atoms with Gasteiger partial charge in [0.25, 0.3) is 0 Å². The van der Waals surface area contributed by atoms with Gasteiger partial charge in [0.2, 0.25) is 0 Å². The number of amides is 2. The summed E-state index contributed by atoms with van der Waals surface area (Å²) in [6.45, 7) is 5.15. The Labute approximate surface area is 181 Å². The smallest absolute Gasteiger partial charge is 0.329 e. The van der Waals surface area contributed by atoms with Crippen LogP contribution in [0.2, 0.25) is 5.02 Å². The van der Waals surface area contributed by atoms with Crippen molar-refractivity contribution in [3.63, 3.8) is 0 Å². The van der Waals surface area contributed by atoms with Gasteiger partial charge < -0.3 is 14.8 Å². The second-order valence-electron chi connectivity index (χ2n) is 6.72. The third-order valence-electron chi connectivity index (χ3n) is 3.82.